The van der Waals surface area contributed by atoms with Crippen LogP contribution in [0.1, 0.15) is 19.3 Å². The Hall–Kier alpha value is -2.78. The quantitative estimate of drug-likeness (QED) is 0.422. The smallest absolute Gasteiger partial charge is 0.234 e. The third kappa shape index (κ3) is 4.94. The van der Waals surface area contributed by atoms with Crippen molar-refractivity contribution in [3.05, 3.63) is 47.7 Å². The lowest BCUT2D eigenvalue weighted by Crippen LogP contribution is -2.31. The number of anilines is 2. The second-order valence-corrected chi connectivity index (χ2v) is 8.32. The standard InChI is InChI=1S/C21H23ClN6O2S/c1-30-17-10-4-3-9-16(17)28-20(27-12-5-2-6-13-27)25-26-21(28)31-14-18(29)24-15-8-7-11-23-19(15)22/h3-4,7-11H,2,5-6,12-14H2,1H3,(H,24,29). The van der Waals surface area contributed by atoms with Gasteiger partial charge in [0.1, 0.15) is 5.75 Å². The van der Waals surface area contributed by atoms with Crippen LogP contribution in [0.3, 0.4) is 0 Å². The van der Waals surface area contributed by atoms with Gasteiger partial charge in [-0.05, 0) is 43.5 Å². The van der Waals surface area contributed by atoms with Gasteiger partial charge in [-0.25, -0.2) is 4.98 Å². The van der Waals surface area contributed by atoms with Crippen LogP contribution in [0.15, 0.2) is 47.8 Å². The molecule has 4 rings (SSSR count). The maximum atomic E-state index is 12.5. The molecule has 1 saturated heterocycles. The summed E-state index contributed by atoms with van der Waals surface area (Å²) in [6.07, 6.45) is 5.04. The first-order valence-electron chi connectivity index (χ1n) is 10.0. The van der Waals surface area contributed by atoms with E-state index in [0.717, 1.165) is 37.6 Å². The molecule has 0 bridgehead atoms. The number of benzene rings is 1. The average Bonchev–Trinajstić information content (AvgIpc) is 3.23. The van der Waals surface area contributed by atoms with Gasteiger partial charge in [0, 0.05) is 19.3 Å². The highest BCUT2D eigenvalue weighted by Gasteiger charge is 2.23. The van der Waals surface area contributed by atoms with E-state index >= 15 is 0 Å². The van der Waals surface area contributed by atoms with Crippen molar-refractivity contribution in [1.82, 2.24) is 19.7 Å². The number of nitrogens with one attached hydrogen (secondary N) is 1. The zero-order valence-electron chi connectivity index (χ0n) is 17.1. The number of hydrogen-bond donors (Lipinski definition) is 1. The number of aromatic nitrogens is 4. The molecule has 0 saturated carbocycles. The monoisotopic (exact) mass is 458 g/mol. The van der Waals surface area contributed by atoms with Crippen molar-refractivity contribution in [3.63, 3.8) is 0 Å². The van der Waals surface area contributed by atoms with Crippen molar-refractivity contribution in [2.45, 2.75) is 24.4 Å². The Kier molecular flexibility index (Phi) is 6.93. The maximum absolute atomic E-state index is 12.5. The van der Waals surface area contributed by atoms with Crippen molar-refractivity contribution in [2.24, 2.45) is 0 Å². The molecule has 0 spiro atoms. The van der Waals surface area contributed by atoms with Gasteiger partial charge in [0.05, 0.1) is 24.2 Å². The molecule has 1 aliphatic rings. The number of nitrogens with zero attached hydrogens (tertiary/aromatic N) is 5. The molecule has 10 heteroatoms. The van der Waals surface area contributed by atoms with Crippen molar-refractivity contribution >= 4 is 40.9 Å². The number of amides is 1. The molecule has 8 nitrogen and oxygen atoms in total. The first kappa shape index (κ1) is 21.5. The highest BCUT2D eigenvalue weighted by molar-refractivity contribution is 7.99. The molecule has 31 heavy (non-hydrogen) atoms. The van der Waals surface area contributed by atoms with Gasteiger partial charge in [-0.1, -0.05) is 35.5 Å². The van der Waals surface area contributed by atoms with Crippen LogP contribution >= 0.6 is 23.4 Å². The van der Waals surface area contributed by atoms with Crippen molar-refractivity contribution in [1.29, 1.82) is 0 Å². The van der Waals surface area contributed by atoms with Gasteiger partial charge < -0.3 is 15.0 Å². The number of pyridine rings is 1. The molecule has 1 amide bonds. The Morgan fingerprint density at radius 2 is 1.97 bits per heavy atom. The van der Waals surface area contributed by atoms with Gasteiger partial charge in [-0.15, -0.1) is 10.2 Å². The van der Waals surface area contributed by atoms with Gasteiger partial charge in [0.25, 0.3) is 0 Å². The van der Waals surface area contributed by atoms with Crippen LogP contribution < -0.4 is 15.0 Å². The number of piperidine rings is 1. The van der Waals surface area contributed by atoms with Gasteiger partial charge in [0.15, 0.2) is 10.3 Å². The highest BCUT2D eigenvalue weighted by atomic mass is 35.5. The second-order valence-electron chi connectivity index (χ2n) is 7.02. The number of para-hydroxylation sites is 2. The third-order valence-corrected chi connectivity index (χ3v) is 6.18. The SMILES string of the molecule is COc1ccccc1-n1c(SCC(=O)Nc2cccnc2Cl)nnc1N1CCCCC1. The number of ether oxygens (including phenoxy) is 1. The molecule has 0 radical (unpaired) electrons. The number of carbonyl (C=O) groups is 1. The second kappa shape index (κ2) is 10.0. The lowest BCUT2D eigenvalue weighted by atomic mass is 10.1. The summed E-state index contributed by atoms with van der Waals surface area (Å²) >= 11 is 7.35. The van der Waals surface area contributed by atoms with Crippen LogP contribution in [-0.2, 0) is 4.79 Å². The van der Waals surface area contributed by atoms with E-state index in [9.17, 15) is 4.79 Å². The number of rotatable bonds is 7. The van der Waals surface area contributed by atoms with Crippen molar-refractivity contribution in [3.8, 4) is 11.4 Å². The maximum Gasteiger partial charge on any atom is 0.234 e. The van der Waals surface area contributed by atoms with Gasteiger partial charge in [-0.3, -0.25) is 9.36 Å². The number of hydrogen-bond acceptors (Lipinski definition) is 7. The highest BCUT2D eigenvalue weighted by Crippen LogP contribution is 2.33. The summed E-state index contributed by atoms with van der Waals surface area (Å²) in [7, 11) is 1.64. The summed E-state index contributed by atoms with van der Waals surface area (Å²) in [5, 5.41) is 12.5. The van der Waals surface area contributed by atoms with E-state index in [-0.39, 0.29) is 16.8 Å². The lowest BCUT2D eigenvalue weighted by Gasteiger charge is -2.28. The first-order valence-corrected chi connectivity index (χ1v) is 11.4. The van der Waals surface area contributed by atoms with E-state index in [1.165, 1.54) is 18.2 Å². The predicted molar refractivity (Wildman–Crippen MR) is 123 cm³/mol. The Labute approximate surface area is 190 Å². The van der Waals surface area contributed by atoms with E-state index in [0.29, 0.717) is 16.6 Å². The topological polar surface area (TPSA) is 85.2 Å². The fourth-order valence-electron chi connectivity index (χ4n) is 3.48. The first-order chi connectivity index (χ1) is 15.2. The molecule has 1 aromatic carbocycles. The minimum absolute atomic E-state index is 0.151. The largest absolute Gasteiger partial charge is 0.495 e. The summed E-state index contributed by atoms with van der Waals surface area (Å²) in [6, 6.07) is 11.2. The van der Waals surface area contributed by atoms with Crippen LogP contribution in [0.4, 0.5) is 11.6 Å². The fraction of sp³-hybridized carbons (Fsp3) is 0.333. The zero-order valence-corrected chi connectivity index (χ0v) is 18.7. The zero-order chi connectivity index (χ0) is 21.6. The fourth-order valence-corrected chi connectivity index (χ4v) is 4.38. The van der Waals surface area contributed by atoms with Gasteiger partial charge >= 0.3 is 0 Å². The van der Waals surface area contributed by atoms with Crippen molar-refractivity contribution < 1.29 is 9.53 Å². The number of carbonyl (C=O) groups excluding carboxylic acids is 1. The lowest BCUT2D eigenvalue weighted by molar-refractivity contribution is -0.113. The van der Waals surface area contributed by atoms with Gasteiger partial charge in [0.2, 0.25) is 11.9 Å². The summed E-state index contributed by atoms with van der Waals surface area (Å²) in [5.74, 6) is 1.43. The van der Waals surface area contributed by atoms with E-state index < -0.39 is 0 Å². The van der Waals surface area contributed by atoms with E-state index in [4.69, 9.17) is 16.3 Å². The normalized spacial score (nSPS) is 13.8. The molecular formula is C21H23ClN6O2S. The summed E-state index contributed by atoms with van der Waals surface area (Å²) in [4.78, 5) is 18.7. The molecule has 3 aromatic rings. The molecule has 3 heterocycles. The number of thioether (sulfide) groups is 1. The number of halogens is 1. The summed E-state index contributed by atoms with van der Waals surface area (Å²) < 4.78 is 7.55. The van der Waals surface area contributed by atoms with Crippen LogP contribution in [0.5, 0.6) is 5.75 Å². The molecular weight excluding hydrogens is 436 g/mol. The summed E-state index contributed by atoms with van der Waals surface area (Å²) in [5.41, 5.74) is 1.32. The van der Waals surface area contributed by atoms with Crippen LogP contribution in [0.2, 0.25) is 5.15 Å². The molecule has 1 fully saturated rings. The molecule has 1 aliphatic heterocycles. The van der Waals surface area contributed by atoms with E-state index in [2.05, 4.69) is 25.4 Å². The van der Waals surface area contributed by atoms with Crippen LogP contribution in [-0.4, -0.2) is 51.6 Å². The molecule has 0 aliphatic carbocycles. The Morgan fingerprint density at radius 3 is 2.74 bits per heavy atom. The minimum atomic E-state index is -0.200. The Morgan fingerprint density at radius 1 is 1.16 bits per heavy atom. The van der Waals surface area contributed by atoms with Crippen LogP contribution in [0.25, 0.3) is 5.69 Å². The average molecular weight is 459 g/mol. The van der Waals surface area contributed by atoms with Crippen molar-refractivity contribution in [2.75, 3.05) is 36.2 Å². The minimum Gasteiger partial charge on any atom is -0.495 e. The molecule has 1 N–H and O–H groups in total. The summed E-state index contributed by atoms with van der Waals surface area (Å²) in [6.45, 7) is 1.86. The Balaban J connectivity index is 1.59. The predicted octanol–water partition coefficient (Wildman–Crippen LogP) is 4.05. The third-order valence-electron chi connectivity index (χ3n) is 4.95. The molecule has 162 valence electrons. The van der Waals surface area contributed by atoms with E-state index in [1.54, 1.807) is 25.4 Å². The van der Waals surface area contributed by atoms with Crippen LogP contribution in [0, 0.1) is 0 Å². The molecule has 2 aromatic heterocycles. The van der Waals surface area contributed by atoms with Gasteiger partial charge in [-0.2, -0.15) is 0 Å². The number of methoxy groups -OCH3 is 1. The molecule has 0 unspecified atom stereocenters. The Bertz CT molecular complexity index is 1050. The van der Waals surface area contributed by atoms with E-state index in [1.807, 2.05) is 28.8 Å². The molecule has 0 atom stereocenters.